The monoisotopic (exact) mass is 431 g/mol. The number of halogens is 1. The second kappa shape index (κ2) is 9.43. The van der Waals surface area contributed by atoms with Gasteiger partial charge in [-0.25, -0.2) is 19.2 Å². The van der Waals surface area contributed by atoms with E-state index in [1.54, 1.807) is 37.3 Å². The summed E-state index contributed by atoms with van der Waals surface area (Å²) in [6, 6.07) is 17.4. The summed E-state index contributed by atoms with van der Waals surface area (Å²) in [5.74, 6) is -0.327. The molecule has 0 amide bonds. The number of carboxylic acid groups (broad SMARTS) is 1. The normalized spacial score (nSPS) is 10.8. The predicted molar refractivity (Wildman–Crippen MR) is 122 cm³/mol. The van der Waals surface area contributed by atoms with Gasteiger partial charge < -0.3 is 15.2 Å². The van der Waals surface area contributed by atoms with Crippen molar-refractivity contribution >= 4 is 22.6 Å². The number of ether oxygens (including phenoxy) is 1. The highest BCUT2D eigenvalue weighted by Gasteiger charge is 2.13. The molecule has 4 aromatic rings. The molecule has 0 spiro atoms. The van der Waals surface area contributed by atoms with Gasteiger partial charge in [-0.05, 0) is 42.5 Å². The van der Waals surface area contributed by atoms with Gasteiger partial charge in [-0.2, -0.15) is 0 Å². The zero-order valence-corrected chi connectivity index (χ0v) is 17.5. The Morgan fingerprint density at radius 1 is 1.06 bits per heavy atom. The minimum atomic E-state index is -1.04. The molecule has 0 fully saturated rings. The van der Waals surface area contributed by atoms with Crippen molar-refractivity contribution in [3.8, 4) is 17.0 Å². The van der Waals surface area contributed by atoms with Gasteiger partial charge in [0, 0.05) is 23.6 Å². The molecule has 3 aromatic carbocycles. The fourth-order valence-corrected chi connectivity index (χ4v) is 3.63. The fourth-order valence-electron chi connectivity index (χ4n) is 3.63. The van der Waals surface area contributed by atoms with E-state index < -0.39 is 5.97 Å². The Morgan fingerprint density at radius 2 is 1.88 bits per heavy atom. The average Bonchev–Trinajstić information content (AvgIpc) is 2.80. The van der Waals surface area contributed by atoms with Gasteiger partial charge >= 0.3 is 5.97 Å². The lowest BCUT2D eigenvalue weighted by Gasteiger charge is -2.11. The third-order valence-electron chi connectivity index (χ3n) is 5.13. The first-order valence-corrected chi connectivity index (χ1v) is 10.3. The van der Waals surface area contributed by atoms with Crippen molar-refractivity contribution in [1.29, 1.82) is 0 Å². The maximum atomic E-state index is 14.0. The second-order valence-electron chi connectivity index (χ2n) is 7.17. The van der Waals surface area contributed by atoms with E-state index in [0.29, 0.717) is 42.2 Å². The summed E-state index contributed by atoms with van der Waals surface area (Å²) in [6.45, 7) is 2.77. The number of benzene rings is 3. The lowest BCUT2D eigenvalue weighted by atomic mass is 10.0. The molecule has 162 valence electrons. The molecule has 0 aliphatic carbocycles. The van der Waals surface area contributed by atoms with Crippen LogP contribution >= 0.6 is 0 Å². The van der Waals surface area contributed by atoms with Gasteiger partial charge in [0.25, 0.3) is 0 Å². The zero-order valence-electron chi connectivity index (χ0n) is 17.5. The summed E-state index contributed by atoms with van der Waals surface area (Å²) in [5.41, 5.74) is 2.53. The van der Waals surface area contributed by atoms with Crippen LogP contribution < -0.4 is 10.1 Å². The Bertz CT molecular complexity index is 1280. The second-order valence-corrected chi connectivity index (χ2v) is 7.17. The Hall–Kier alpha value is -4.00. The highest BCUT2D eigenvalue weighted by Crippen LogP contribution is 2.27. The van der Waals surface area contributed by atoms with Crippen molar-refractivity contribution in [1.82, 2.24) is 9.97 Å². The van der Waals surface area contributed by atoms with Crippen LogP contribution in [0.3, 0.4) is 0 Å². The zero-order chi connectivity index (χ0) is 22.5. The van der Waals surface area contributed by atoms with Crippen LogP contribution in [0.2, 0.25) is 0 Å². The topological polar surface area (TPSA) is 84.3 Å². The molecular weight excluding hydrogens is 409 g/mol. The van der Waals surface area contributed by atoms with Gasteiger partial charge in [-0.3, -0.25) is 0 Å². The van der Waals surface area contributed by atoms with Gasteiger partial charge in [-0.1, -0.05) is 36.4 Å². The summed E-state index contributed by atoms with van der Waals surface area (Å²) in [4.78, 5) is 20.0. The molecule has 6 nitrogen and oxygen atoms in total. The molecule has 4 rings (SSSR count). The van der Waals surface area contributed by atoms with E-state index in [1.807, 2.05) is 18.2 Å². The van der Waals surface area contributed by atoms with Gasteiger partial charge in [0.1, 0.15) is 29.3 Å². The maximum absolute atomic E-state index is 14.0. The molecule has 7 heteroatoms. The lowest BCUT2D eigenvalue weighted by molar-refractivity contribution is 0.0692. The molecule has 0 saturated heterocycles. The highest BCUT2D eigenvalue weighted by atomic mass is 19.1. The summed E-state index contributed by atoms with van der Waals surface area (Å²) >= 11 is 0. The van der Waals surface area contributed by atoms with Crippen molar-refractivity contribution in [3.63, 3.8) is 0 Å². The number of hydrogen-bond acceptors (Lipinski definition) is 5. The van der Waals surface area contributed by atoms with Crippen molar-refractivity contribution < 1.29 is 19.0 Å². The van der Waals surface area contributed by atoms with Crippen LogP contribution in [0.5, 0.6) is 5.75 Å². The summed E-state index contributed by atoms with van der Waals surface area (Å²) in [6.07, 6.45) is 2.15. The number of carbonyl (C=O) groups is 1. The smallest absolute Gasteiger partial charge is 0.339 e. The van der Waals surface area contributed by atoms with Crippen LogP contribution in [-0.2, 0) is 6.42 Å². The molecular formula is C25H22FN3O3. The number of nitrogens with zero attached hydrogens (tertiary/aromatic N) is 2. The van der Waals surface area contributed by atoms with Crippen molar-refractivity contribution in [2.24, 2.45) is 0 Å². The van der Waals surface area contributed by atoms with Gasteiger partial charge in [0.05, 0.1) is 12.3 Å². The SMILES string of the molecule is CCOc1cc(-c2cc(NCCc3cccc4c(F)cccc34)ncn2)ccc1C(=O)O. The van der Waals surface area contributed by atoms with E-state index in [2.05, 4.69) is 15.3 Å². The molecule has 0 aliphatic rings. The lowest BCUT2D eigenvalue weighted by Crippen LogP contribution is -2.07. The number of aromatic carboxylic acids is 1. The first-order chi connectivity index (χ1) is 15.6. The molecule has 2 N–H and O–H groups in total. The number of fused-ring (bicyclic) bond motifs is 1. The molecule has 0 bridgehead atoms. The molecule has 0 atom stereocenters. The molecule has 1 aromatic heterocycles. The highest BCUT2D eigenvalue weighted by molar-refractivity contribution is 5.92. The minimum absolute atomic E-state index is 0.106. The number of hydrogen-bond donors (Lipinski definition) is 2. The Kier molecular flexibility index (Phi) is 6.26. The molecule has 0 radical (unpaired) electrons. The third kappa shape index (κ3) is 4.51. The van der Waals surface area contributed by atoms with Crippen LogP contribution in [0.1, 0.15) is 22.8 Å². The Balaban J connectivity index is 1.50. The molecule has 1 heterocycles. The maximum Gasteiger partial charge on any atom is 0.339 e. The number of rotatable bonds is 8. The van der Waals surface area contributed by atoms with E-state index >= 15 is 0 Å². The van der Waals surface area contributed by atoms with Crippen LogP contribution in [-0.4, -0.2) is 34.2 Å². The van der Waals surface area contributed by atoms with E-state index in [-0.39, 0.29) is 11.4 Å². The van der Waals surface area contributed by atoms with E-state index in [9.17, 15) is 14.3 Å². The summed E-state index contributed by atoms with van der Waals surface area (Å²) < 4.78 is 19.5. The molecule has 32 heavy (non-hydrogen) atoms. The quantitative estimate of drug-likeness (QED) is 0.400. The van der Waals surface area contributed by atoms with Crippen LogP contribution in [0.15, 0.2) is 67.0 Å². The van der Waals surface area contributed by atoms with Gasteiger partial charge in [0.15, 0.2) is 0 Å². The van der Waals surface area contributed by atoms with Crippen molar-refractivity contribution in [3.05, 3.63) is 83.9 Å². The van der Waals surface area contributed by atoms with E-state index in [1.165, 1.54) is 18.5 Å². The Labute approximate surface area is 184 Å². The number of carboxylic acids is 1. The fraction of sp³-hybridized carbons (Fsp3) is 0.160. The predicted octanol–water partition coefficient (Wildman–Crippen LogP) is 5.19. The largest absolute Gasteiger partial charge is 0.493 e. The standard InChI is InChI=1S/C25H22FN3O3/c1-2-32-23-13-17(9-10-20(23)25(30)31)22-14-24(29-15-28-22)27-12-11-16-5-3-7-19-18(16)6-4-8-21(19)26/h3-10,13-15H,2,11-12H2,1H3,(H,30,31)(H,27,28,29). The van der Waals surface area contributed by atoms with Crippen molar-refractivity contribution in [2.45, 2.75) is 13.3 Å². The first-order valence-electron chi connectivity index (χ1n) is 10.3. The van der Waals surface area contributed by atoms with Crippen LogP contribution in [0, 0.1) is 5.82 Å². The summed E-state index contributed by atoms with van der Waals surface area (Å²) in [5, 5.41) is 14.1. The molecule has 0 unspecified atom stereocenters. The van der Waals surface area contributed by atoms with Gasteiger partial charge in [-0.15, -0.1) is 0 Å². The number of anilines is 1. The van der Waals surface area contributed by atoms with Crippen molar-refractivity contribution in [2.75, 3.05) is 18.5 Å². The van der Waals surface area contributed by atoms with Crippen LogP contribution in [0.25, 0.3) is 22.0 Å². The van der Waals surface area contributed by atoms with E-state index in [0.717, 1.165) is 16.5 Å². The number of nitrogens with one attached hydrogen (secondary N) is 1. The Morgan fingerprint density at radius 3 is 2.69 bits per heavy atom. The molecule has 0 aliphatic heterocycles. The van der Waals surface area contributed by atoms with Gasteiger partial charge in [0.2, 0.25) is 0 Å². The average molecular weight is 431 g/mol. The minimum Gasteiger partial charge on any atom is -0.493 e. The third-order valence-corrected chi connectivity index (χ3v) is 5.13. The number of aromatic nitrogens is 2. The van der Waals surface area contributed by atoms with E-state index in [4.69, 9.17) is 4.74 Å². The van der Waals surface area contributed by atoms with Crippen LogP contribution in [0.4, 0.5) is 10.2 Å². The molecule has 0 saturated carbocycles. The summed E-state index contributed by atoms with van der Waals surface area (Å²) in [7, 11) is 0. The first kappa shape index (κ1) is 21.2.